The molecule has 40 heavy (non-hydrogen) atoms. The second-order valence-corrected chi connectivity index (χ2v) is 10.3. The van der Waals surface area contributed by atoms with Crippen molar-refractivity contribution in [3.8, 4) is 11.5 Å². The molecule has 3 aromatic rings. The van der Waals surface area contributed by atoms with Crippen molar-refractivity contribution in [2.24, 2.45) is 0 Å². The predicted octanol–water partition coefficient (Wildman–Crippen LogP) is 8.55. The van der Waals surface area contributed by atoms with Crippen molar-refractivity contribution in [2.75, 3.05) is 13.2 Å². The molecule has 3 rings (SSSR count). The second kappa shape index (κ2) is 16.7. The smallest absolute Gasteiger partial charge is 0.306 e. The highest BCUT2D eigenvalue weighted by Crippen LogP contribution is 2.43. The standard InChI is InChI=1S/C34H46O6/c1-5-9-11-21-31(35)39-25(7-3)23-37-33-27-17-13-15-19-29(27)34(30-20-16-14-18-28(30)33)38-24-26(8-4)40-32(36)22-12-10-6-2/h13-20,25-26H,5-12,21-24H2,1-4H3. The zero-order valence-electron chi connectivity index (χ0n) is 24.7. The summed E-state index contributed by atoms with van der Waals surface area (Å²) in [6.45, 7) is 8.78. The van der Waals surface area contributed by atoms with E-state index in [9.17, 15) is 9.59 Å². The summed E-state index contributed by atoms with van der Waals surface area (Å²) in [5.41, 5.74) is 0. The Morgan fingerprint density at radius 1 is 0.575 bits per heavy atom. The summed E-state index contributed by atoms with van der Waals surface area (Å²) < 4.78 is 24.3. The molecule has 6 heteroatoms. The second-order valence-electron chi connectivity index (χ2n) is 10.3. The lowest BCUT2D eigenvalue weighted by Crippen LogP contribution is -2.25. The topological polar surface area (TPSA) is 71.1 Å². The predicted molar refractivity (Wildman–Crippen MR) is 161 cm³/mol. The van der Waals surface area contributed by atoms with E-state index in [2.05, 4.69) is 13.8 Å². The molecule has 2 atom stereocenters. The first-order chi connectivity index (χ1) is 19.5. The molecular formula is C34H46O6. The van der Waals surface area contributed by atoms with E-state index in [-0.39, 0.29) is 37.4 Å². The lowest BCUT2D eigenvalue weighted by atomic mass is 10.0. The maximum Gasteiger partial charge on any atom is 0.306 e. The number of ether oxygens (including phenoxy) is 4. The number of hydrogen-bond acceptors (Lipinski definition) is 6. The maximum atomic E-state index is 12.3. The van der Waals surface area contributed by atoms with Crippen LogP contribution in [-0.4, -0.2) is 37.4 Å². The van der Waals surface area contributed by atoms with Gasteiger partial charge in [0, 0.05) is 34.4 Å². The molecule has 218 valence electrons. The Bertz CT molecular complexity index is 1070. The molecule has 0 aliphatic rings. The summed E-state index contributed by atoms with van der Waals surface area (Å²) in [4.78, 5) is 24.7. The van der Waals surface area contributed by atoms with Gasteiger partial charge in [0.15, 0.2) is 0 Å². The van der Waals surface area contributed by atoms with Gasteiger partial charge in [-0.3, -0.25) is 9.59 Å². The molecule has 0 saturated carbocycles. The van der Waals surface area contributed by atoms with Crippen molar-refractivity contribution in [3.05, 3.63) is 48.5 Å². The van der Waals surface area contributed by atoms with E-state index in [1.54, 1.807) is 0 Å². The van der Waals surface area contributed by atoms with Gasteiger partial charge in [-0.15, -0.1) is 0 Å². The molecule has 0 saturated heterocycles. The largest absolute Gasteiger partial charge is 0.488 e. The van der Waals surface area contributed by atoms with Gasteiger partial charge in [0.2, 0.25) is 0 Å². The average Bonchev–Trinajstić information content (AvgIpc) is 2.97. The third-order valence-electron chi connectivity index (χ3n) is 7.14. The van der Waals surface area contributed by atoms with Gasteiger partial charge in [0.25, 0.3) is 0 Å². The van der Waals surface area contributed by atoms with Crippen molar-refractivity contribution in [1.29, 1.82) is 0 Å². The molecule has 0 bridgehead atoms. The van der Waals surface area contributed by atoms with Crippen LogP contribution in [-0.2, 0) is 19.1 Å². The highest BCUT2D eigenvalue weighted by Gasteiger charge is 2.20. The summed E-state index contributed by atoms with van der Waals surface area (Å²) in [5.74, 6) is 1.15. The molecule has 0 amide bonds. The number of esters is 2. The highest BCUT2D eigenvalue weighted by atomic mass is 16.6. The highest BCUT2D eigenvalue weighted by molar-refractivity contribution is 6.11. The molecule has 0 aromatic heterocycles. The van der Waals surface area contributed by atoms with Crippen LogP contribution in [0.4, 0.5) is 0 Å². The van der Waals surface area contributed by atoms with E-state index in [1.165, 1.54) is 0 Å². The third kappa shape index (κ3) is 8.87. The number of carbonyl (C=O) groups is 2. The number of fused-ring (bicyclic) bond motifs is 2. The van der Waals surface area contributed by atoms with Crippen LogP contribution in [0.3, 0.4) is 0 Å². The molecule has 0 radical (unpaired) electrons. The molecule has 0 fully saturated rings. The fraction of sp³-hybridized carbons (Fsp3) is 0.529. The van der Waals surface area contributed by atoms with E-state index in [1.807, 2.05) is 62.4 Å². The van der Waals surface area contributed by atoms with Gasteiger partial charge < -0.3 is 18.9 Å². The van der Waals surface area contributed by atoms with Crippen LogP contribution in [0.1, 0.15) is 91.9 Å². The Hall–Kier alpha value is -3.28. The van der Waals surface area contributed by atoms with E-state index >= 15 is 0 Å². The minimum Gasteiger partial charge on any atom is -0.488 e. The minimum absolute atomic E-state index is 0.168. The molecule has 3 aromatic carbocycles. The number of hydrogen-bond donors (Lipinski definition) is 0. The van der Waals surface area contributed by atoms with Crippen LogP contribution in [0.15, 0.2) is 48.5 Å². The quantitative estimate of drug-likeness (QED) is 0.0897. The Balaban J connectivity index is 1.81. The summed E-state index contributed by atoms with van der Waals surface area (Å²) in [5, 5.41) is 3.68. The molecule has 0 aliphatic carbocycles. The van der Waals surface area contributed by atoms with Crippen LogP contribution in [0, 0.1) is 0 Å². The lowest BCUT2D eigenvalue weighted by Gasteiger charge is -2.22. The Labute approximate surface area is 239 Å². The van der Waals surface area contributed by atoms with Crippen molar-refractivity contribution in [1.82, 2.24) is 0 Å². The van der Waals surface area contributed by atoms with Crippen LogP contribution < -0.4 is 9.47 Å². The fourth-order valence-electron chi connectivity index (χ4n) is 4.71. The average molecular weight is 551 g/mol. The molecule has 0 heterocycles. The summed E-state index contributed by atoms with van der Waals surface area (Å²) in [6, 6.07) is 16.0. The van der Waals surface area contributed by atoms with Crippen LogP contribution >= 0.6 is 0 Å². The monoisotopic (exact) mass is 550 g/mol. The number of rotatable bonds is 18. The molecular weight excluding hydrogens is 504 g/mol. The normalized spacial score (nSPS) is 12.7. The number of unbranched alkanes of at least 4 members (excludes halogenated alkanes) is 4. The summed E-state index contributed by atoms with van der Waals surface area (Å²) >= 11 is 0. The van der Waals surface area contributed by atoms with Gasteiger partial charge >= 0.3 is 11.9 Å². The summed E-state index contributed by atoms with van der Waals surface area (Å²) in [6.07, 6.45) is 7.46. The maximum absolute atomic E-state index is 12.3. The van der Waals surface area contributed by atoms with Crippen molar-refractivity contribution in [3.63, 3.8) is 0 Å². The van der Waals surface area contributed by atoms with Crippen molar-refractivity contribution < 1.29 is 28.5 Å². The van der Waals surface area contributed by atoms with Gasteiger partial charge in [0.05, 0.1) is 0 Å². The molecule has 0 spiro atoms. The molecule has 0 aliphatic heterocycles. The van der Waals surface area contributed by atoms with Crippen LogP contribution in [0.2, 0.25) is 0 Å². The van der Waals surface area contributed by atoms with Crippen molar-refractivity contribution in [2.45, 2.75) is 104 Å². The first-order valence-electron chi connectivity index (χ1n) is 15.1. The Kier molecular flexibility index (Phi) is 13.1. The molecule has 0 N–H and O–H groups in total. The molecule has 6 nitrogen and oxygen atoms in total. The lowest BCUT2D eigenvalue weighted by molar-refractivity contribution is -0.151. The third-order valence-corrected chi connectivity index (χ3v) is 7.14. The first kappa shape index (κ1) is 31.3. The van der Waals surface area contributed by atoms with Gasteiger partial charge in [-0.25, -0.2) is 0 Å². The van der Waals surface area contributed by atoms with E-state index in [0.717, 1.165) is 71.6 Å². The van der Waals surface area contributed by atoms with Gasteiger partial charge in [0.1, 0.15) is 36.9 Å². The zero-order chi connectivity index (χ0) is 28.7. The van der Waals surface area contributed by atoms with Crippen LogP contribution in [0.25, 0.3) is 21.5 Å². The van der Waals surface area contributed by atoms with Gasteiger partial charge in [-0.1, -0.05) is 102 Å². The van der Waals surface area contributed by atoms with Gasteiger partial charge in [-0.2, -0.15) is 0 Å². The number of carbonyl (C=O) groups excluding carboxylic acids is 2. The van der Waals surface area contributed by atoms with E-state index < -0.39 is 0 Å². The first-order valence-corrected chi connectivity index (χ1v) is 15.1. The van der Waals surface area contributed by atoms with Gasteiger partial charge in [-0.05, 0) is 25.7 Å². The van der Waals surface area contributed by atoms with E-state index in [0.29, 0.717) is 25.7 Å². The SMILES string of the molecule is CCCCCC(=O)OC(CC)COc1c2ccccc2c(OCC(CC)OC(=O)CCCCC)c2ccccc12. The fourth-order valence-corrected chi connectivity index (χ4v) is 4.71. The Morgan fingerprint density at radius 3 is 1.23 bits per heavy atom. The minimum atomic E-state index is -0.320. The van der Waals surface area contributed by atoms with Crippen molar-refractivity contribution >= 4 is 33.5 Å². The molecule has 2 unspecified atom stereocenters. The summed E-state index contributed by atoms with van der Waals surface area (Å²) in [7, 11) is 0. The zero-order valence-corrected chi connectivity index (χ0v) is 24.7. The Morgan fingerprint density at radius 2 is 0.925 bits per heavy atom. The van der Waals surface area contributed by atoms with E-state index in [4.69, 9.17) is 18.9 Å². The number of benzene rings is 3. The van der Waals surface area contributed by atoms with Crippen LogP contribution in [0.5, 0.6) is 11.5 Å².